The van der Waals surface area contributed by atoms with E-state index in [1.54, 1.807) is 24.3 Å². The second kappa shape index (κ2) is 5.02. The van der Waals surface area contributed by atoms with Crippen LogP contribution in [0.1, 0.15) is 5.56 Å². The minimum absolute atomic E-state index is 0.106. The van der Waals surface area contributed by atoms with Gasteiger partial charge in [0.15, 0.2) is 5.82 Å². The van der Waals surface area contributed by atoms with Gasteiger partial charge in [0.2, 0.25) is 0 Å². The zero-order valence-corrected chi connectivity index (χ0v) is 10.7. The number of rotatable bonds is 2. The molecule has 0 aliphatic heterocycles. The highest BCUT2D eigenvalue weighted by Crippen LogP contribution is 2.29. The third-order valence-electron chi connectivity index (χ3n) is 2.95. The van der Waals surface area contributed by atoms with E-state index in [1.165, 1.54) is 23.3 Å². The third-order valence-corrected chi connectivity index (χ3v) is 2.95. The van der Waals surface area contributed by atoms with Crippen molar-refractivity contribution < 1.29 is 4.39 Å². The van der Waals surface area contributed by atoms with Crippen LogP contribution in [-0.4, -0.2) is 19.7 Å². The molecule has 2 heterocycles. The van der Waals surface area contributed by atoms with Crippen LogP contribution in [0.15, 0.2) is 42.9 Å². The summed E-state index contributed by atoms with van der Waals surface area (Å²) >= 11 is 0. The van der Waals surface area contributed by atoms with Crippen molar-refractivity contribution in [3.8, 4) is 23.1 Å². The summed E-state index contributed by atoms with van der Waals surface area (Å²) in [7, 11) is 0. The van der Waals surface area contributed by atoms with Crippen LogP contribution in [0, 0.1) is 17.1 Å². The molecule has 0 aliphatic rings. The highest BCUT2D eigenvalue weighted by atomic mass is 19.1. The van der Waals surface area contributed by atoms with Crippen LogP contribution in [0.25, 0.3) is 17.1 Å². The molecule has 1 aromatic carbocycles. The van der Waals surface area contributed by atoms with E-state index in [-0.39, 0.29) is 22.6 Å². The van der Waals surface area contributed by atoms with Crippen molar-refractivity contribution in [3.05, 3.63) is 54.2 Å². The van der Waals surface area contributed by atoms with Gasteiger partial charge in [0, 0.05) is 17.8 Å². The number of benzene rings is 1. The summed E-state index contributed by atoms with van der Waals surface area (Å²) in [6.45, 7) is 0. The molecule has 6 nitrogen and oxygen atoms in total. The van der Waals surface area contributed by atoms with Crippen molar-refractivity contribution in [1.82, 2.24) is 19.7 Å². The molecule has 2 N–H and O–H groups in total. The van der Waals surface area contributed by atoms with Crippen LogP contribution in [0.3, 0.4) is 0 Å². The van der Waals surface area contributed by atoms with E-state index >= 15 is 0 Å². The quantitative estimate of drug-likeness (QED) is 0.774. The van der Waals surface area contributed by atoms with Gasteiger partial charge in [-0.15, -0.1) is 0 Å². The molecule has 0 unspecified atom stereocenters. The average molecular weight is 280 g/mol. The maximum Gasteiger partial charge on any atom is 0.159 e. The Morgan fingerprint density at radius 3 is 2.71 bits per heavy atom. The molecule has 3 rings (SSSR count). The van der Waals surface area contributed by atoms with Gasteiger partial charge in [-0.25, -0.2) is 14.4 Å². The second-order valence-corrected chi connectivity index (χ2v) is 4.18. The number of nitrogen functional groups attached to an aromatic ring is 1. The summed E-state index contributed by atoms with van der Waals surface area (Å²) in [6.07, 6.45) is 2.86. The number of nitrogens with zero attached hydrogens (tertiary/aromatic N) is 5. The Balaban J connectivity index is 2.25. The van der Waals surface area contributed by atoms with Gasteiger partial charge in [0.05, 0.1) is 0 Å². The molecule has 2 aromatic heterocycles. The normalized spacial score (nSPS) is 10.3. The zero-order chi connectivity index (χ0) is 14.8. The molecule has 21 heavy (non-hydrogen) atoms. The van der Waals surface area contributed by atoms with Crippen LogP contribution < -0.4 is 5.73 Å². The minimum Gasteiger partial charge on any atom is -0.382 e. The van der Waals surface area contributed by atoms with E-state index in [4.69, 9.17) is 5.73 Å². The molecule has 0 atom stereocenters. The van der Waals surface area contributed by atoms with E-state index in [0.717, 1.165) is 0 Å². The summed E-state index contributed by atoms with van der Waals surface area (Å²) in [5, 5.41) is 13.5. The van der Waals surface area contributed by atoms with Gasteiger partial charge >= 0.3 is 0 Å². The van der Waals surface area contributed by atoms with E-state index in [0.29, 0.717) is 5.82 Å². The Morgan fingerprint density at radius 2 is 2.05 bits per heavy atom. The molecule has 0 radical (unpaired) electrons. The minimum atomic E-state index is -0.471. The lowest BCUT2D eigenvalue weighted by Crippen LogP contribution is -2.04. The van der Waals surface area contributed by atoms with Crippen molar-refractivity contribution >= 4 is 5.82 Å². The fraction of sp³-hybridized carbons (Fsp3) is 0. The van der Waals surface area contributed by atoms with Crippen LogP contribution in [-0.2, 0) is 0 Å². The predicted molar refractivity (Wildman–Crippen MR) is 73.7 cm³/mol. The van der Waals surface area contributed by atoms with Crippen LogP contribution in [0.5, 0.6) is 0 Å². The average Bonchev–Trinajstić information content (AvgIpc) is 2.85. The van der Waals surface area contributed by atoms with Gasteiger partial charge in [0.1, 0.15) is 35.3 Å². The molecular formula is C14H9FN6. The maximum absolute atomic E-state index is 13.9. The number of aromatic nitrogens is 4. The lowest BCUT2D eigenvalue weighted by molar-refractivity contribution is 0.630. The predicted octanol–water partition coefficient (Wildman–Crippen LogP) is 1.92. The molecular weight excluding hydrogens is 271 g/mol. The Morgan fingerprint density at radius 1 is 1.24 bits per heavy atom. The second-order valence-electron chi connectivity index (χ2n) is 4.18. The van der Waals surface area contributed by atoms with Crippen LogP contribution in [0.4, 0.5) is 10.2 Å². The largest absolute Gasteiger partial charge is 0.382 e. The fourth-order valence-electron chi connectivity index (χ4n) is 1.97. The smallest absolute Gasteiger partial charge is 0.159 e. The van der Waals surface area contributed by atoms with E-state index < -0.39 is 5.82 Å². The van der Waals surface area contributed by atoms with Crippen LogP contribution >= 0.6 is 0 Å². The van der Waals surface area contributed by atoms with Gasteiger partial charge in [-0.1, -0.05) is 12.1 Å². The van der Waals surface area contributed by atoms with E-state index in [9.17, 15) is 9.65 Å². The molecule has 0 fully saturated rings. The number of hydrogen-bond acceptors (Lipinski definition) is 5. The molecule has 7 heteroatoms. The first-order valence-corrected chi connectivity index (χ1v) is 6.02. The number of anilines is 1. The first-order chi connectivity index (χ1) is 10.2. The van der Waals surface area contributed by atoms with Crippen LogP contribution in [0.2, 0.25) is 0 Å². The standard InChI is InChI=1S/C14H9FN6/c15-11-4-2-1-3-9(11)13-10(7-16)14(17)21(20-13)12-5-6-18-8-19-12/h1-6,8H,17H2. The van der Waals surface area contributed by atoms with Crippen molar-refractivity contribution in [3.63, 3.8) is 0 Å². The highest BCUT2D eigenvalue weighted by molar-refractivity contribution is 5.73. The summed E-state index contributed by atoms with van der Waals surface area (Å²) in [5.41, 5.74) is 6.44. The van der Waals surface area contributed by atoms with Gasteiger partial charge < -0.3 is 5.73 Å². The summed E-state index contributed by atoms with van der Waals surface area (Å²) in [4.78, 5) is 7.83. The number of nitrogens with two attached hydrogens (primary N) is 1. The van der Waals surface area contributed by atoms with Crippen molar-refractivity contribution in [2.45, 2.75) is 0 Å². The summed E-state index contributed by atoms with van der Waals surface area (Å²) in [6, 6.07) is 9.63. The van der Waals surface area contributed by atoms with E-state index in [2.05, 4.69) is 15.1 Å². The first-order valence-electron chi connectivity index (χ1n) is 6.02. The SMILES string of the molecule is N#Cc1c(-c2ccccc2F)nn(-c2ccncn2)c1N. The van der Waals surface area contributed by atoms with Crippen molar-refractivity contribution in [2.75, 3.05) is 5.73 Å². The molecule has 0 saturated carbocycles. The maximum atomic E-state index is 13.9. The Hall–Kier alpha value is -3.27. The van der Waals surface area contributed by atoms with Gasteiger partial charge in [0.25, 0.3) is 0 Å². The summed E-state index contributed by atoms with van der Waals surface area (Å²) < 4.78 is 15.2. The molecule has 0 bridgehead atoms. The Kier molecular flexibility index (Phi) is 3.04. The Labute approximate surface area is 119 Å². The first kappa shape index (κ1) is 12.7. The number of halogens is 1. The van der Waals surface area contributed by atoms with Crippen molar-refractivity contribution in [2.24, 2.45) is 0 Å². The monoisotopic (exact) mass is 280 g/mol. The van der Waals surface area contributed by atoms with Crippen molar-refractivity contribution in [1.29, 1.82) is 5.26 Å². The lowest BCUT2D eigenvalue weighted by atomic mass is 10.1. The summed E-state index contributed by atoms with van der Waals surface area (Å²) in [5.74, 6) is 0.0392. The molecule has 0 amide bonds. The van der Waals surface area contributed by atoms with Gasteiger partial charge in [-0.05, 0) is 12.1 Å². The topological polar surface area (TPSA) is 93.4 Å². The molecule has 0 spiro atoms. The molecule has 0 aliphatic carbocycles. The lowest BCUT2D eigenvalue weighted by Gasteiger charge is -2.01. The van der Waals surface area contributed by atoms with E-state index in [1.807, 2.05) is 6.07 Å². The highest BCUT2D eigenvalue weighted by Gasteiger charge is 2.20. The molecule has 102 valence electrons. The molecule has 3 aromatic rings. The number of nitriles is 1. The number of hydrogen-bond donors (Lipinski definition) is 1. The van der Waals surface area contributed by atoms with Gasteiger partial charge in [-0.2, -0.15) is 15.0 Å². The molecule has 0 saturated heterocycles. The Bertz CT molecular complexity index is 834. The fourth-order valence-corrected chi connectivity index (χ4v) is 1.97. The van der Waals surface area contributed by atoms with Gasteiger partial charge in [-0.3, -0.25) is 0 Å². The third kappa shape index (κ3) is 2.08. The zero-order valence-electron chi connectivity index (χ0n) is 10.7.